The molecule has 0 aliphatic carbocycles. The molecule has 0 spiro atoms. The van der Waals surface area contributed by atoms with Crippen LogP contribution < -0.4 is 15.0 Å². The van der Waals surface area contributed by atoms with E-state index in [2.05, 4.69) is 12.2 Å². The number of carbonyl (C=O) groups is 1. The predicted molar refractivity (Wildman–Crippen MR) is 88.7 cm³/mol. The Morgan fingerprint density at radius 2 is 1.95 bits per heavy atom. The summed E-state index contributed by atoms with van der Waals surface area (Å²) >= 11 is 0. The number of carbonyl (C=O) groups excluding carboxylic acids is 1. The molecule has 3 rings (SSSR count). The largest absolute Gasteiger partial charge is 0.486 e. The number of urea groups is 1. The van der Waals surface area contributed by atoms with Crippen molar-refractivity contribution in [3.63, 3.8) is 0 Å². The van der Waals surface area contributed by atoms with Crippen molar-refractivity contribution in [2.24, 2.45) is 0 Å². The van der Waals surface area contributed by atoms with Gasteiger partial charge in [0.2, 0.25) is 0 Å². The molecule has 1 aliphatic heterocycles. The number of nitrogens with zero attached hydrogens (tertiary/aromatic N) is 1. The number of ether oxygens (including phenoxy) is 1. The average Bonchev–Trinajstić information content (AvgIpc) is 2.55. The second kappa shape index (κ2) is 6.10. The van der Waals surface area contributed by atoms with Crippen molar-refractivity contribution in [1.82, 2.24) is 0 Å². The van der Waals surface area contributed by atoms with Gasteiger partial charge in [0.15, 0.2) is 0 Å². The first-order valence-electron chi connectivity index (χ1n) is 7.59. The third kappa shape index (κ3) is 2.77. The maximum atomic E-state index is 12.7. The first-order valence-corrected chi connectivity index (χ1v) is 7.59. The van der Waals surface area contributed by atoms with E-state index in [1.165, 1.54) is 0 Å². The molecule has 0 fully saturated rings. The topological polar surface area (TPSA) is 41.6 Å². The Bertz CT molecular complexity index is 684. The van der Waals surface area contributed by atoms with Crippen molar-refractivity contribution in [2.45, 2.75) is 26.4 Å². The molecule has 2 amide bonds. The predicted octanol–water partition coefficient (Wildman–Crippen LogP) is 4.20. The van der Waals surface area contributed by atoms with Crippen LogP contribution in [0, 0.1) is 6.92 Å². The molecule has 22 heavy (non-hydrogen) atoms. The highest BCUT2D eigenvalue weighted by Gasteiger charge is 2.28. The fourth-order valence-electron chi connectivity index (χ4n) is 2.60. The zero-order chi connectivity index (χ0) is 15.5. The normalized spacial score (nSPS) is 16.6. The smallest absolute Gasteiger partial charge is 0.326 e. The molecule has 0 bridgehead atoms. The Balaban J connectivity index is 1.87. The average molecular weight is 296 g/mol. The summed E-state index contributed by atoms with van der Waals surface area (Å²) < 4.78 is 5.91. The molecule has 1 N–H and O–H groups in total. The van der Waals surface area contributed by atoms with E-state index in [1.54, 1.807) is 4.90 Å². The van der Waals surface area contributed by atoms with E-state index >= 15 is 0 Å². The van der Waals surface area contributed by atoms with Gasteiger partial charge in [0.1, 0.15) is 11.9 Å². The van der Waals surface area contributed by atoms with Gasteiger partial charge >= 0.3 is 6.03 Å². The van der Waals surface area contributed by atoms with E-state index in [9.17, 15) is 4.79 Å². The van der Waals surface area contributed by atoms with E-state index in [-0.39, 0.29) is 12.1 Å². The third-order valence-electron chi connectivity index (χ3n) is 3.92. The van der Waals surface area contributed by atoms with Crippen molar-refractivity contribution < 1.29 is 9.53 Å². The molecule has 4 nitrogen and oxygen atoms in total. The monoisotopic (exact) mass is 296 g/mol. The number of aryl methyl sites for hydroxylation is 1. The summed E-state index contributed by atoms with van der Waals surface area (Å²) in [7, 11) is 0. The first kappa shape index (κ1) is 14.4. The van der Waals surface area contributed by atoms with Gasteiger partial charge in [0, 0.05) is 5.69 Å². The molecule has 1 atom stereocenters. The molecule has 0 saturated carbocycles. The molecule has 0 radical (unpaired) electrons. The highest BCUT2D eigenvalue weighted by molar-refractivity contribution is 6.03. The Morgan fingerprint density at radius 3 is 2.73 bits per heavy atom. The number of rotatable bonds is 2. The van der Waals surface area contributed by atoms with E-state index < -0.39 is 0 Å². The van der Waals surface area contributed by atoms with Gasteiger partial charge in [-0.15, -0.1) is 0 Å². The Hall–Kier alpha value is -2.49. The fourth-order valence-corrected chi connectivity index (χ4v) is 2.60. The van der Waals surface area contributed by atoms with Crippen LogP contribution in [-0.2, 0) is 0 Å². The number of fused-ring (bicyclic) bond motifs is 1. The Morgan fingerprint density at radius 1 is 1.23 bits per heavy atom. The van der Waals surface area contributed by atoms with Gasteiger partial charge in [-0.3, -0.25) is 4.90 Å². The van der Waals surface area contributed by atoms with Gasteiger partial charge < -0.3 is 10.1 Å². The Kier molecular flexibility index (Phi) is 4.00. The van der Waals surface area contributed by atoms with Crippen molar-refractivity contribution in [1.29, 1.82) is 0 Å². The van der Waals surface area contributed by atoms with Gasteiger partial charge in [-0.05, 0) is 37.1 Å². The van der Waals surface area contributed by atoms with Crippen LogP contribution in [0.15, 0.2) is 48.5 Å². The summed E-state index contributed by atoms with van der Waals surface area (Å²) in [6, 6.07) is 15.3. The van der Waals surface area contributed by atoms with Crippen LogP contribution in [0.1, 0.15) is 18.9 Å². The fraction of sp³-hybridized carbons (Fsp3) is 0.278. The maximum Gasteiger partial charge on any atom is 0.326 e. The lowest BCUT2D eigenvalue weighted by atomic mass is 10.1. The van der Waals surface area contributed by atoms with E-state index in [0.717, 1.165) is 29.1 Å². The number of benzene rings is 2. The molecular weight excluding hydrogens is 276 g/mol. The number of hydrogen-bond donors (Lipinski definition) is 1. The first-order chi connectivity index (χ1) is 10.7. The van der Waals surface area contributed by atoms with Crippen LogP contribution in [0.25, 0.3) is 0 Å². The number of anilines is 2. The molecule has 0 aromatic heterocycles. The minimum absolute atomic E-state index is 0.0255. The lowest BCUT2D eigenvalue weighted by Gasteiger charge is -2.34. The van der Waals surface area contributed by atoms with Gasteiger partial charge in [-0.2, -0.15) is 0 Å². The van der Waals surface area contributed by atoms with E-state index in [0.29, 0.717) is 6.54 Å². The summed E-state index contributed by atoms with van der Waals surface area (Å²) in [6.07, 6.45) is 0.889. The molecule has 0 saturated heterocycles. The molecular formula is C18H20N2O2. The highest BCUT2D eigenvalue weighted by atomic mass is 16.5. The van der Waals surface area contributed by atoms with Crippen molar-refractivity contribution >= 4 is 17.4 Å². The quantitative estimate of drug-likeness (QED) is 0.902. The van der Waals surface area contributed by atoms with Crippen LogP contribution in [0.2, 0.25) is 0 Å². The molecule has 4 heteroatoms. The van der Waals surface area contributed by atoms with Gasteiger partial charge in [0.25, 0.3) is 0 Å². The highest BCUT2D eigenvalue weighted by Crippen LogP contribution is 2.34. The summed E-state index contributed by atoms with van der Waals surface area (Å²) in [5.74, 6) is 0.764. The third-order valence-corrected chi connectivity index (χ3v) is 3.92. The molecule has 2 aromatic carbocycles. The zero-order valence-corrected chi connectivity index (χ0v) is 12.9. The van der Waals surface area contributed by atoms with Gasteiger partial charge in [-0.25, -0.2) is 4.79 Å². The standard InChI is InChI=1S/C18H20N2O2/c1-3-14-12-20(16-10-6-7-11-17(16)22-14)18(21)19-15-9-5-4-8-13(15)2/h4-11,14H,3,12H2,1-2H3,(H,19,21)/t14-/m1/s1. The number of hydrogen-bond acceptors (Lipinski definition) is 2. The second-order valence-corrected chi connectivity index (χ2v) is 5.47. The summed E-state index contributed by atoms with van der Waals surface area (Å²) in [4.78, 5) is 14.5. The Labute approximate surface area is 130 Å². The summed E-state index contributed by atoms with van der Waals surface area (Å²) in [5.41, 5.74) is 2.70. The zero-order valence-electron chi connectivity index (χ0n) is 12.9. The van der Waals surface area contributed by atoms with Gasteiger partial charge in [-0.1, -0.05) is 37.3 Å². The maximum absolute atomic E-state index is 12.7. The molecule has 1 heterocycles. The molecule has 1 aliphatic rings. The van der Waals surface area contributed by atoms with E-state index in [4.69, 9.17) is 4.74 Å². The number of amides is 2. The van der Waals surface area contributed by atoms with E-state index in [1.807, 2.05) is 55.5 Å². The summed E-state index contributed by atoms with van der Waals surface area (Å²) in [6.45, 7) is 4.61. The minimum atomic E-state index is -0.122. The molecule has 114 valence electrons. The molecule has 0 unspecified atom stereocenters. The van der Waals surface area contributed by atoms with Crippen LogP contribution >= 0.6 is 0 Å². The molecule has 2 aromatic rings. The van der Waals surface area contributed by atoms with Crippen molar-refractivity contribution in [2.75, 3.05) is 16.8 Å². The van der Waals surface area contributed by atoms with Crippen LogP contribution in [-0.4, -0.2) is 18.7 Å². The SMILES string of the molecule is CC[C@@H]1CN(C(=O)Nc2ccccc2C)c2ccccc2O1. The van der Waals surface area contributed by atoms with Crippen molar-refractivity contribution in [3.8, 4) is 5.75 Å². The summed E-state index contributed by atoms with van der Waals surface area (Å²) in [5, 5.41) is 3.00. The van der Waals surface area contributed by atoms with Crippen LogP contribution in [0.3, 0.4) is 0 Å². The van der Waals surface area contributed by atoms with Crippen LogP contribution in [0.4, 0.5) is 16.2 Å². The lowest BCUT2D eigenvalue weighted by Crippen LogP contribution is -2.45. The number of nitrogens with one attached hydrogen (secondary N) is 1. The lowest BCUT2D eigenvalue weighted by molar-refractivity contribution is 0.188. The van der Waals surface area contributed by atoms with Gasteiger partial charge in [0.05, 0.1) is 12.2 Å². The minimum Gasteiger partial charge on any atom is -0.486 e. The number of para-hydroxylation sites is 3. The van der Waals surface area contributed by atoms with Crippen LogP contribution in [0.5, 0.6) is 5.75 Å². The van der Waals surface area contributed by atoms with Crippen molar-refractivity contribution in [3.05, 3.63) is 54.1 Å². The second-order valence-electron chi connectivity index (χ2n) is 5.47.